The molecule has 0 atom stereocenters. The fourth-order valence-electron chi connectivity index (χ4n) is 1.56. The molecule has 1 aromatic rings. The molecule has 2 amide bonds. The number of ether oxygens (including phenoxy) is 2. The first-order valence-electron chi connectivity index (χ1n) is 4.73. The number of methoxy groups -OCH3 is 1. The van der Waals surface area contributed by atoms with Crippen molar-refractivity contribution in [2.45, 2.75) is 0 Å². The van der Waals surface area contributed by atoms with Gasteiger partial charge >= 0.3 is 0 Å². The van der Waals surface area contributed by atoms with Gasteiger partial charge in [-0.25, -0.2) is 0 Å². The molecule has 0 aliphatic carbocycles. The summed E-state index contributed by atoms with van der Waals surface area (Å²) in [5, 5.41) is 0. The third-order valence-electron chi connectivity index (χ3n) is 2.40. The maximum Gasteiger partial charge on any atom is 0.261 e. The molecule has 0 aromatic heterocycles. The minimum absolute atomic E-state index is 0.108. The van der Waals surface area contributed by atoms with E-state index in [9.17, 15) is 9.59 Å². The van der Waals surface area contributed by atoms with E-state index < -0.39 is 0 Å². The standard InChI is InChI=1S/C11H11NO4/c1-12-10(13)8-4-3-7(16-6-15-2)5-9(8)11(12)14/h3-5H,6H2,1-2H3. The van der Waals surface area contributed by atoms with Gasteiger partial charge in [0, 0.05) is 14.2 Å². The van der Waals surface area contributed by atoms with E-state index in [-0.39, 0.29) is 18.6 Å². The van der Waals surface area contributed by atoms with Crippen molar-refractivity contribution >= 4 is 11.8 Å². The van der Waals surface area contributed by atoms with Crippen molar-refractivity contribution in [3.05, 3.63) is 29.3 Å². The fourth-order valence-corrected chi connectivity index (χ4v) is 1.56. The lowest BCUT2D eigenvalue weighted by Gasteiger charge is -2.04. The lowest BCUT2D eigenvalue weighted by atomic mass is 10.1. The molecule has 0 saturated carbocycles. The van der Waals surface area contributed by atoms with Gasteiger partial charge < -0.3 is 9.47 Å². The van der Waals surface area contributed by atoms with E-state index in [2.05, 4.69) is 0 Å². The molecule has 1 heterocycles. The van der Waals surface area contributed by atoms with Gasteiger partial charge in [0.25, 0.3) is 11.8 Å². The molecule has 0 bridgehead atoms. The number of carbonyl (C=O) groups excluding carboxylic acids is 2. The zero-order valence-corrected chi connectivity index (χ0v) is 9.02. The highest BCUT2D eigenvalue weighted by Gasteiger charge is 2.32. The van der Waals surface area contributed by atoms with Crippen molar-refractivity contribution in [1.29, 1.82) is 0 Å². The highest BCUT2D eigenvalue weighted by Crippen LogP contribution is 2.25. The molecule has 1 aromatic carbocycles. The molecular formula is C11H11NO4. The van der Waals surface area contributed by atoms with Crippen molar-refractivity contribution < 1.29 is 19.1 Å². The molecule has 1 aliphatic heterocycles. The van der Waals surface area contributed by atoms with Gasteiger partial charge in [0.05, 0.1) is 11.1 Å². The van der Waals surface area contributed by atoms with E-state index in [1.807, 2.05) is 0 Å². The highest BCUT2D eigenvalue weighted by atomic mass is 16.7. The maximum atomic E-state index is 11.7. The van der Waals surface area contributed by atoms with E-state index in [1.165, 1.54) is 14.2 Å². The number of benzene rings is 1. The first kappa shape index (κ1) is 10.6. The summed E-state index contributed by atoms with van der Waals surface area (Å²) in [5.41, 5.74) is 0.790. The van der Waals surface area contributed by atoms with Crippen LogP contribution in [0.1, 0.15) is 20.7 Å². The number of amides is 2. The number of carbonyl (C=O) groups is 2. The molecule has 0 unspecified atom stereocenters. The monoisotopic (exact) mass is 221 g/mol. The average molecular weight is 221 g/mol. The van der Waals surface area contributed by atoms with Crippen LogP contribution in [0.2, 0.25) is 0 Å². The van der Waals surface area contributed by atoms with Crippen LogP contribution in [-0.4, -0.2) is 37.7 Å². The van der Waals surface area contributed by atoms with E-state index in [4.69, 9.17) is 9.47 Å². The normalized spacial score (nSPS) is 14.2. The molecule has 0 fully saturated rings. The van der Waals surface area contributed by atoms with Gasteiger partial charge in [-0.3, -0.25) is 14.5 Å². The number of hydrogen-bond donors (Lipinski definition) is 0. The Morgan fingerprint density at radius 1 is 1.19 bits per heavy atom. The SMILES string of the molecule is COCOc1ccc2c(c1)C(=O)N(C)C2=O. The largest absolute Gasteiger partial charge is 0.468 e. The summed E-state index contributed by atoms with van der Waals surface area (Å²) >= 11 is 0. The summed E-state index contributed by atoms with van der Waals surface area (Å²) in [5.74, 6) is -0.0711. The Bertz CT molecular complexity index is 455. The van der Waals surface area contributed by atoms with Crippen molar-refractivity contribution in [2.24, 2.45) is 0 Å². The molecule has 1 aliphatic rings. The summed E-state index contributed by atoms with van der Waals surface area (Å²) in [6.07, 6.45) is 0. The molecule has 16 heavy (non-hydrogen) atoms. The second-order valence-corrected chi connectivity index (χ2v) is 3.43. The molecule has 0 spiro atoms. The maximum absolute atomic E-state index is 11.7. The zero-order valence-electron chi connectivity index (χ0n) is 9.02. The minimum atomic E-state index is -0.303. The van der Waals surface area contributed by atoms with Crippen LogP contribution >= 0.6 is 0 Å². The predicted molar refractivity (Wildman–Crippen MR) is 55.4 cm³/mol. The smallest absolute Gasteiger partial charge is 0.261 e. The predicted octanol–water partition coefficient (Wildman–Crippen LogP) is 0.895. The molecule has 0 saturated heterocycles. The minimum Gasteiger partial charge on any atom is -0.468 e. The average Bonchev–Trinajstić information content (AvgIpc) is 2.52. The van der Waals surface area contributed by atoms with Crippen LogP contribution in [0.4, 0.5) is 0 Å². The first-order chi connectivity index (χ1) is 7.65. The second kappa shape index (κ2) is 3.94. The van der Waals surface area contributed by atoms with Crippen molar-refractivity contribution in [2.75, 3.05) is 21.0 Å². The van der Waals surface area contributed by atoms with Gasteiger partial charge in [0.2, 0.25) is 0 Å². The lowest BCUT2D eigenvalue weighted by Crippen LogP contribution is -2.24. The molecule has 2 rings (SSSR count). The Hall–Kier alpha value is -1.88. The number of hydrogen-bond acceptors (Lipinski definition) is 4. The van der Waals surface area contributed by atoms with Crippen LogP contribution in [0.3, 0.4) is 0 Å². The molecule has 5 heteroatoms. The van der Waals surface area contributed by atoms with Gasteiger partial charge in [-0.05, 0) is 18.2 Å². The van der Waals surface area contributed by atoms with E-state index >= 15 is 0 Å². The Labute approximate surface area is 92.6 Å². The quantitative estimate of drug-likeness (QED) is 0.562. The van der Waals surface area contributed by atoms with Crippen LogP contribution in [0.15, 0.2) is 18.2 Å². The van der Waals surface area contributed by atoms with Gasteiger partial charge in [-0.15, -0.1) is 0 Å². The first-order valence-corrected chi connectivity index (χ1v) is 4.73. The van der Waals surface area contributed by atoms with Crippen LogP contribution in [0.5, 0.6) is 5.75 Å². The molecular weight excluding hydrogens is 210 g/mol. The topological polar surface area (TPSA) is 55.8 Å². The summed E-state index contributed by atoms with van der Waals surface area (Å²) < 4.78 is 9.94. The summed E-state index contributed by atoms with van der Waals surface area (Å²) in [4.78, 5) is 24.3. The molecule has 84 valence electrons. The van der Waals surface area contributed by atoms with Crippen LogP contribution < -0.4 is 4.74 Å². The van der Waals surface area contributed by atoms with Crippen LogP contribution in [0, 0.1) is 0 Å². The number of fused-ring (bicyclic) bond motifs is 1. The Balaban J connectivity index is 2.34. The number of nitrogens with zero attached hydrogens (tertiary/aromatic N) is 1. The van der Waals surface area contributed by atoms with Gasteiger partial charge in [0.1, 0.15) is 5.75 Å². The summed E-state index contributed by atoms with van der Waals surface area (Å²) in [7, 11) is 2.97. The third-order valence-corrected chi connectivity index (χ3v) is 2.40. The van der Waals surface area contributed by atoms with Crippen LogP contribution in [-0.2, 0) is 4.74 Å². The Morgan fingerprint density at radius 3 is 2.56 bits per heavy atom. The zero-order chi connectivity index (χ0) is 11.7. The summed E-state index contributed by atoms with van der Waals surface area (Å²) in [6, 6.07) is 4.78. The van der Waals surface area contributed by atoms with E-state index in [0.29, 0.717) is 16.9 Å². The Morgan fingerprint density at radius 2 is 1.88 bits per heavy atom. The van der Waals surface area contributed by atoms with Crippen LogP contribution in [0.25, 0.3) is 0 Å². The second-order valence-electron chi connectivity index (χ2n) is 3.43. The fraction of sp³-hybridized carbons (Fsp3) is 0.273. The highest BCUT2D eigenvalue weighted by molar-refractivity contribution is 6.21. The Kier molecular flexibility index (Phi) is 2.62. The van der Waals surface area contributed by atoms with Crippen molar-refractivity contribution in [3.63, 3.8) is 0 Å². The number of imide groups is 1. The summed E-state index contributed by atoms with van der Waals surface area (Å²) in [6.45, 7) is 0.108. The van der Waals surface area contributed by atoms with Gasteiger partial charge in [-0.1, -0.05) is 0 Å². The molecule has 0 radical (unpaired) electrons. The lowest BCUT2D eigenvalue weighted by molar-refractivity contribution is 0.0510. The number of rotatable bonds is 3. The third kappa shape index (κ3) is 1.55. The van der Waals surface area contributed by atoms with Crippen molar-refractivity contribution in [1.82, 2.24) is 4.90 Å². The molecule has 5 nitrogen and oxygen atoms in total. The van der Waals surface area contributed by atoms with E-state index in [0.717, 1.165) is 4.90 Å². The van der Waals surface area contributed by atoms with Crippen molar-refractivity contribution in [3.8, 4) is 5.75 Å². The van der Waals surface area contributed by atoms with E-state index in [1.54, 1.807) is 18.2 Å². The van der Waals surface area contributed by atoms with Gasteiger partial charge in [-0.2, -0.15) is 0 Å². The van der Waals surface area contributed by atoms with Gasteiger partial charge in [0.15, 0.2) is 6.79 Å². The molecule has 0 N–H and O–H groups in total.